The maximum atomic E-state index is 12.4. The van der Waals surface area contributed by atoms with Gasteiger partial charge in [-0.15, -0.1) is 0 Å². The minimum absolute atomic E-state index is 0.000205. The number of hydrogen-bond donors (Lipinski definition) is 1. The smallest absolute Gasteiger partial charge is 0.229 e. The zero-order valence-corrected chi connectivity index (χ0v) is 14.4. The fourth-order valence-corrected chi connectivity index (χ4v) is 2.90. The lowest BCUT2D eigenvalue weighted by Gasteiger charge is -2.16. The summed E-state index contributed by atoms with van der Waals surface area (Å²) < 4.78 is 6.88. The molecule has 0 bridgehead atoms. The van der Waals surface area contributed by atoms with Crippen LogP contribution in [-0.2, 0) is 22.7 Å². The molecule has 25 heavy (non-hydrogen) atoms. The molecule has 1 aliphatic rings. The van der Waals surface area contributed by atoms with Crippen molar-refractivity contribution in [1.82, 2.24) is 14.7 Å². The number of rotatable bonds is 6. The summed E-state index contributed by atoms with van der Waals surface area (Å²) in [7, 11) is 1.62. The van der Waals surface area contributed by atoms with E-state index >= 15 is 0 Å². The van der Waals surface area contributed by atoms with Gasteiger partial charge in [-0.3, -0.25) is 14.3 Å². The van der Waals surface area contributed by atoms with Gasteiger partial charge in [0.05, 0.1) is 24.9 Å². The first-order valence-corrected chi connectivity index (χ1v) is 8.33. The fourth-order valence-electron chi connectivity index (χ4n) is 2.90. The zero-order valence-electron chi connectivity index (χ0n) is 14.4. The van der Waals surface area contributed by atoms with Gasteiger partial charge in [0.2, 0.25) is 11.8 Å². The summed E-state index contributed by atoms with van der Waals surface area (Å²) in [6, 6.07) is 7.59. The van der Waals surface area contributed by atoms with E-state index in [-0.39, 0.29) is 24.2 Å². The van der Waals surface area contributed by atoms with E-state index in [2.05, 4.69) is 10.4 Å². The zero-order chi connectivity index (χ0) is 17.8. The summed E-state index contributed by atoms with van der Waals surface area (Å²) in [5, 5.41) is 6.97. The Kier molecular flexibility index (Phi) is 5.02. The first kappa shape index (κ1) is 17.0. The average Bonchev–Trinajstić information content (AvgIpc) is 3.22. The molecule has 0 saturated carbocycles. The molecular formula is C18H22N4O3. The molecule has 1 aliphatic heterocycles. The van der Waals surface area contributed by atoms with Crippen molar-refractivity contribution >= 4 is 17.5 Å². The second-order valence-corrected chi connectivity index (χ2v) is 6.10. The van der Waals surface area contributed by atoms with Crippen LogP contribution in [0.2, 0.25) is 0 Å². The Morgan fingerprint density at radius 1 is 1.36 bits per heavy atom. The van der Waals surface area contributed by atoms with Crippen LogP contribution in [0.4, 0.5) is 5.69 Å². The first-order valence-electron chi connectivity index (χ1n) is 8.33. The van der Waals surface area contributed by atoms with E-state index in [1.165, 1.54) is 0 Å². The average molecular weight is 342 g/mol. The van der Waals surface area contributed by atoms with Crippen molar-refractivity contribution in [3.63, 3.8) is 0 Å². The fraction of sp³-hybridized carbons (Fsp3) is 0.389. The van der Waals surface area contributed by atoms with Crippen molar-refractivity contribution in [2.24, 2.45) is 5.92 Å². The number of aryl methyl sites for hydroxylation is 1. The number of likely N-dealkylation sites (tertiary alicyclic amines) is 1. The molecule has 0 aliphatic carbocycles. The molecule has 7 heteroatoms. The lowest BCUT2D eigenvalue weighted by atomic mass is 10.1. The maximum Gasteiger partial charge on any atom is 0.229 e. The number of nitrogens with one attached hydrogen (secondary N) is 1. The molecule has 7 nitrogen and oxygen atoms in total. The van der Waals surface area contributed by atoms with Crippen LogP contribution in [0.3, 0.4) is 0 Å². The first-order chi connectivity index (χ1) is 12.1. The summed E-state index contributed by atoms with van der Waals surface area (Å²) in [5.74, 6) is 0.304. The number of ether oxygens (including phenoxy) is 1. The monoisotopic (exact) mass is 342 g/mol. The number of nitrogens with zero attached hydrogens (tertiary/aromatic N) is 3. The van der Waals surface area contributed by atoms with Crippen LogP contribution in [0, 0.1) is 5.92 Å². The summed E-state index contributed by atoms with van der Waals surface area (Å²) in [4.78, 5) is 26.3. The van der Waals surface area contributed by atoms with Crippen molar-refractivity contribution in [1.29, 1.82) is 0 Å². The largest absolute Gasteiger partial charge is 0.497 e. The van der Waals surface area contributed by atoms with Crippen LogP contribution < -0.4 is 10.1 Å². The van der Waals surface area contributed by atoms with Gasteiger partial charge < -0.3 is 15.0 Å². The van der Waals surface area contributed by atoms with Gasteiger partial charge in [-0.1, -0.05) is 12.1 Å². The number of carbonyl (C=O) groups excluding carboxylic acids is 2. The highest BCUT2D eigenvalue weighted by molar-refractivity contribution is 5.97. The molecule has 1 aromatic heterocycles. The number of methoxy groups -OCH3 is 1. The SMILES string of the molecule is CCn1cc(NC(=O)C2CC(=O)N(Cc3ccc(OC)cc3)C2)cn1. The van der Waals surface area contributed by atoms with Crippen molar-refractivity contribution in [2.45, 2.75) is 26.4 Å². The quantitative estimate of drug-likeness (QED) is 0.870. The third-order valence-corrected chi connectivity index (χ3v) is 4.34. The number of amides is 2. The van der Waals surface area contributed by atoms with Crippen molar-refractivity contribution in [3.05, 3.63) is 42.2 Å². The molecule has 0 spiro atoms. The predicted molar refractivity (Wildman–Crippen MR) is 93.0 cm³/mol. The number of carbonyl (C=O) groups is 2. The Balaban J connectivity index is 1.58. The normalized spacial score (nSPS) is 17.0. The molecule has 1 atom stereocenters. The van der Waals surface area contributed by atoms with Crippen molar-refractivity contribution < 1.29 is 14.3 Å². The minimum Gasteiger partial charge on any atom is -0.497 e. The number of anilines is 1. The van der Waals surface area contributed by atoms with Crippen LogP contribution in [0.5, 0.6) is 5.75 Å². The van der Waals surface area contributed by atoms with Gasteiger partial charge in [0.1, 0.15) is 5.75 Å². The molecular weight excluding hydrogens is 320 g/mol. The van der Waals surface area contributed by atoms with Gasteiger partial charge in [0.25, 0.3) is 0 Å². The third-order valence-electron chi connectivity index (χ3n) is 4.34. The molecule has 3 rings (SSSR count). The second-order valence-electron chi connectivity index (χ2n) is 6.10. The van der Waals surface area contributed by atoms with Crippen molar-refractivity contribution in [3.8, 4) is 5.75 Å². The standard InChI is InChI=1S/C18H22N4O3/c1-3-22-12-15(9-19-22)20-18(24)14-8-17(23)21(11-14)10-13-4-6-16(25-2)7-5-13/h4-7,9,12,14H,3,8,10-11H2,1-2H3,(H,20,24). The van der Waals surface area contributed by atoms with E-state index < -0.39 is 0 Å². The molecule has 1 saturated heterocycles. The lowest BCUT2D eigenvalue weighted by molar-refractivity contribution is -0.128. The highest BCUT2D eigenvalue weighted by Crippen LogP contribution is 2.22. The van der Waals surface area contributed by atoms with Crippen LogP contribution in [-0.4, -0.2) is 40.1 Å². The maximum absolute atomic E-state index is 12.4. The molecule has 1 unspecified atom stereocenters. The molecule has 2 aromatic rings. The molecule has 132 valence electrons. The molecule has 1 aromatic carbocycles. The van der Waals surface area contributed by atoms with Gasteiger partial charge >= 0.3 is 0 Å². The van der Waals surface area contributed by atoms with Crippen LogP contribution in [0.15, 0.2) is 36.7 Å². The number of benzene rings is 1. The topological polar surface area (TPSA) is 76.5 Å². The van der Waals surface area contributed by atoms with Gasteiger partial charge in [-0.25, -0.2) is 0 Å². The summed E-state index contributed by atoms with van der Waals surface area (Å²) in [5.41, 5.74) is 1.67. The molecule has 1 fully saturated rings. The van der Waals surface area contributed by atoms with E-state index in [1.54, 1.807) is 29.1 Å². The Morgan fingerprint density at radius 2 is 2.12 bits per heavy atom. The Morgan fingerprint density at radius 3 is 2.76 bits per heavy atom. The highest BCUT2D eigenvalue weighted by Gasteiger charge is 2.34. The second kappa shape index (κ2) is 7.38. The number of hydrogen-bond acceptors (Lipinski definition) is 4. The Bertz CT molecular complexity index is 754. The molecule has 2 amide bonds. The Labute approximate surface area is 146 Å². The highest BCUT2D eigenvalue weighted by atomic mass is 16.5. The van der Waals surface area contributed by atoms with Crippen LogP contribution in [0.25, 0.3) is 0 Å². The van der Waals surface area contributed by atoms with E-state index in [9.17, 15) is 9.59 Å². The van der Waals surface area contributed by atoms with Crippen molar-refractivity contribution in [2.75, 3.05) is 19.0 Å². The lowest BCUT2D eigenvalue weighted by Crippen LogP contribution is -2.27. The van der Waals surface area contributed by atoms with Gasteiger partial charge in [-0.2, -0.15) is 5.10 Å². The molecule has 1 N–H and O–H groups in total. The van der Waals surface area contributed by atoms with E-state index in [0.29, 0.717) is 18.8 Å². The summed E-state index contributed by atoms with van der Waals surface area (Å²) >= 11 is 0. The van der Waals surface area contributed by atoms with E-state index in [4.69, 9.17) is 4.74 Å². The van der Waals surface area contributed by atoms with Crippen LogP contribution >= 0.6 is 0 Å². The van der Waals surface area contributed by atoms with Crippen LogP contribution in [0.1, 0.15) is 18.9 Å². The summed E-state index contributed by atoms with van der Waals surface area (Å²) in [6.07, 6.45) is 3.64. The van der Waals surface area contributed by atoms with Gasteiger partial charge in [-0.05, 0) is 24.6 Å². The Hall–Kier alpha value is -2.83. The number of aromatic nitrogens is 2. The predicted octanol–water partition coefficient (Wildman–Crippen LogP) is 1.90. The summed E-state index contributed by atoms with van der Waals surface area (Å²) in [6.45, 7) is 3.65. The molecule has 0 radical (unpaired) electrons. The van der Waals surface area contributed by atoms with Gasteiger partial charge in [0.15, 0.2) is 0 Å². The minimum atomic E-state index is -0.337. The van der Waals surface area contributed by atoms with E-state index in [0.717, 1.165) is 17.9 Å². The van der Waals surface area contributed by atoms with Gasteiger partial charge in [0, 0.05) is 32.3 Å². The molecule has 2 heterocycles. The third kappa shape index (κ3) is 3.99. The van der Waals surface area contributed by atoms with E-state index in [1.807, 2.05) is 31.2 Å².